The highest BCUT2D eigenvalue weighted by Gasteiger charge is 2.27. The molecule has 2 aromatic rings. The molecule has 5 heteroatoms. The van der Waals surface area contributed by atoms with Crippen molar-refractivity contribution in [3.8, 4) is 5.75 Å². The predicted octanol–water partition coefficient (Wildman–Crippen LogP) is 2.92. The van der Waals surface area contributed by atoms with Gasteiger partial charge in [0.1, 0.15) is 5.75 Å². The molecule has 0 fully saturated rings. The summed E-state index contributed by atoms with van der Waals surface area (Å²) >= 11 is 5.63. The molecule has 1 aliphatic heterocycles. The molecule has 1 aromatic carbocycles. The second-order valence-electron chi connectivity index (χ2n) is 4.26. The van der Waals surface area contributed by atoms with Crippen LogP contribution in [0.4, 0.5) is 0 Å². The number of fused-ring (bicyclic) bond motifs is 1. The Morgan fingerprint density at radius 3 is 3.06 bits per heavy atom. The van der Waals surface area contributed by atoms with Gasteiger partial charge in [0.25, 0.3) is 0 Å². The van der Waals surface area contributed by atoms with Crippen LogP contribution in [-0.4, -0.2) is 16.0 Å². The third-order valence-corrected chi connectivity index (χ3v) is 3.21. The van der Waals surface area contributed by atoms with E-state index in [4.69, 9.17) is 20.9 Å². The summed E-state index contributed by atoms with van der Waals surface area (Å²) in [5.41, 5.74) is 1.19. The Bertz CT molecular complexity index is 516. The summed E-state index contributed by atoms with van der Waals surface area (Å²) in [4.78, 5) is 4.35. The van der Waals surface area contributed by atoms with Crippen LogP contribution in [0.5, 0.6) is 5.75 Å². The van der Waals surface area contributed by atoms with E-state index in [9.17, 15) is 0 Å². The molecule has 18 heavy (non-hydrogen) atoms. The Balaban J connectivity index is 1.72. The summed E-state index contributed by atoms with van der Waals surface area (Å²) in [5, 5.41) is 3.98. The van der Waals surface area contributed by atoms with E-state index in [1.54, 1.807) is 0 Å². The van der Waals surface area contributed by atoms with Crippen LogP contribution in [0, 0.1) is 0 Å². The smallest absolute Gasteiger partial charge is 0.226 e. The van der Waals surface area contributed by atoms with Gasteiger partial charge in [0.2, 0.25) is 11.7 Å². The van der Waals surface area contributed by atoms with Crippen LogP contribution in [0.25, 0.3) is 0 Å². The molecule has 0 aliphatic carbocycles. The van der Waals surface area contributed by atoms with Crippen molar-refractivity contribution < 1.29 is 9.26 Å². The zero-order valence-electron chi connectivity index (χ0n) is 9.80. The van der Waals surface area contributed by atoms with E-state index in [0.29, 0.717) is 17.6 Å². The summed E-state index contributed by atoms with van der Waals surface area (Å²) in [6.07, 6.45) is 2.23. The van der Waals surface area contributed by atoms with E-state index in [1.807, 2.05) is 18.2 Å². The highest BCUT2D eigenvalue weighted by atomic mass is 35.5. The number of ether oxygens (including phenoxy) is 1. The van der Waals surface area contributed by atoms with Gasteiger partial charge in [0.05, 0.1) is 0 Å². The molecule has 3 rings (SSSR count). The number of alkyl halides is 1. The Kier molecular flexibility index (Phi) is 3.19. The fourth-order valence-corrected chi connectivity index (χ4v) is 2.18. The normalized spacial score (nSPS) is 17.5. The number of aryl methyl sites for hydroxylation is 1. The van der Waals surface area contributed by atoms with Gasteiger partial charge in [-0.3, -0.25) is 0 Å². The third kappa shape index (κ3) is 2.20. The van der Waals surface area contributed by atoms with Crippen LogP contribution in [0.2, 0.25) is 0 Å². The highest BCUT2D eigenvalue weighted by molar-refractivity contribution is 6.17. The van der Waals surface area contributed by atoms with Gasteiger partial charge in [-0.25, -0.2) is 0 Å². The van der Waals surface area contributed by atoms with Crippen molar-refractivity contribution in [2.24, 2.45) is 0 Å². The number of benzene rings is 1. The quantitative estimate of drug-likeness (QED) is 0.797. The molecule has 0 saturated heterocycles. The van der Waals surface area contributed by atoms with Crippen molar-refractivity contribution in [3.05, 3.63) is 41.5 Å². The van der Waals surface area contributed by atoms with Crippen molar-refractivity contribution >= 4 is 11.6 Å². The fraction of sp³-hybridized carbons (Fsp3) is 0.385. The summed E-state index contributed by atoms with van der Waals surface area (Å²) in [6.45, 7) is 0. The number of hydrogen-bond donors (Lipinski definition) is 0. The molecule has 0 radical (unpaired) electrons. The van der Waals surface area contributed by atoms with Crippen molar-refractivity contribution in [1.82, 2.24) is 10.1 Å². The number of para-hydroxylation sites is 1. The predicted molar refractivity (Wildman–Crippen MR) is 66.9 cm³/mol. The minimum atomic E-state index is -0.129. The third-order valence-electron chi connectivity index (χ3n) is 2.94. The molecule has 94 valence electrons. The van der Waals surface area contributed by atoms with Gasteiger partial charge < -0.3 is 9.26 Å². The van der Waals surface area contributed by atoms with E-state index in [1.165, 1.54) is 5.56 Å². The largest absolute Gasteiger partial charge is 0.482 e. The number of halogens is 1. The lowest BCUT2D eigenvalue weighted by Gasteiger charge is -2.04. The molecule has 0 bridgehead atoms. The van der Waals surface area contributed by atoms with Gasteiger partial charge in [-0.2, -0.15) is 4.98 Å². The summed E-state index contributed by atoms with van der Waals surface area (Å²) in [5.74, 6) is 2.76. The topological polar surface area (TPSA) is 48.2 Å². The lowest BCUT2D eigenvalue weighted by atomic mass is 10.1. The molecule has 2 heterocycles. The summed E-state index contributed by atoms with van der Waals surface area (Å²) in [7, 11) is 0. The number of rotatable bonds is 4. The number of hydrogen-bond acceptors (Lipinski definition) is 4. The van der Waals surface area contributed by atoms with E-state index < -0.39 is 0 Å². The second-order valence-corrected chi connectivity index (χ2v) is 4.64. The SMILES string of the molecule is ClCCCc1nc(C2Cc3ccccc3O2)no1. The molecule has 0 spiro atoms. The van der Waals surface area contributed by atoms with Crippen molar-refractivity contribution in [2.75, 3.05) is 5.88 Å². The van der Waals surface area contributed by atoms with Gasteiger partial charge in [0, 0.05) is 18.7 Å². The van der Waals surface area contributed by atoms with E-state index in [-0.39, 0.29) is 6.10 Å². The fourth-order valence-electron chi connectivity index (χ4n) is 2.04. The van der Waals surface area contributed by atoms with Crippen LogP contribution in [0.3, 0.4) is 0 Å². The molecule has 1 aliphatic rings. The monoisotopic (exact) mass is 264 g/mol. The molecule has 1 aromatic heterocycles. The minimum Gasteiger partial charge on any atom is -0.482 e. The average molecular weight is 265 g/mol. The van der Waals surface area contributed by atoms with E-state index in [0.717, 1.165) is 25.0 Å². The first-order chi connectivity index (χ1) is 8.86. The van der Waals surface area contributed by atoms with Crippen LogP contribution >= 0.6 is 11.6 Å². The van der Waals surface area contributed by atoms with Crippen molar-refractivity contribution in [3.63, 3.8) is 0 Å². The second kappa shape index (κ2) is 4.98. The van der Waals surface area contributed by atoms with E-state index >= 15 is 0 Å². The molecule has 0 amide bonds. The molecule has 1 atom stereocenters. The first-order valence-electron chi connectivity index (χ1n) is 6.00. The van der Waals surface area contributed by atoms with Crippen LogP contribution in [0.1, 0.15) is 29.8 Å². The number of nitrogens with zero attached hydrogens (tertiary/aromatic N) is 2. The molecular formula is C13H13ClN2O2. The van der Waals surface area contributed by atoms with Crippen LogP contribution < -0.4 is 4.74 Å². The van der Waals surface area contributed by atoms with Gasteiger partial charge in [0.15, 0.2) is 6.10 Å². The standard InChI is InChI=1S/C13H13ClN2O2/c14-7-3-6-12-15-13(16-18-12)11-8-9-4-1-2-5-10(9)17-11/h1-2,4-5,11H,3,6-8H2. The van der Waals surface area contributed by atoms with Crippen LogP contribution in [-0.2, 0) is 12.8 Å². The maximum atomic E-state index is 5.80. The van der Waals surface area contributed by atoms with Gasteiger partial charge in [-0.15, -0.1) is 11.6 Å². The first-order valence-corrected chi connectivity index (χ1v) is 6.53. The maximum Gasteiger partial charge on any atom is 0.226 e. The lowest BCUT2D eigenvalue weighted by Crippen LogP contribution is -2.05. The Morgan fingerprint density at radius 2 is 2.22 bits per heavy atom. The zero-order valence-corrected chi connectivity index (χ0v) is 10.6. The Hall–Kier alpha value is -1.55. The average Bonchev–Trinajstić information content (AvgIpc) is 3.02. The summed E-state index contributed by atoms with van der Waals surface area (Å²) in [6, 6.07) is 7.99. The lowest BCUT2D eigenvalue weighted by molar-refractivity contribution is 0.221. The first kappa shape index (κ1) is 11.5. The van der Waals surface area contributed by atoms with Crippen molar-refractivity contribution in [2.45, 2.75) is 25.4 Å². The van der Waals surface area contributed by atoms with Gasteiger partial charge in [-0.1, -0.05) is 23.4 Å². The van der Waals surface area contributed by atoms with Crippen molar-refractivity contribution in [1.29, 1.82) is 0 Å². The molecule has 4 nitrogen and oxygen atoms in total. The Labute approximate surface area is 110 Å². The van der Waals surface area contributed by atoms with Crippen LogP contribution in [0.15, 0.2) is 28.8 Å². The van der Waals surface area contributed by atoms with E-state index in [2.05, 4.69) is 16.2 Å². The molecular weight excluding hydrogens is 252 g/mol. The summed E-state index contributed by atoms with van der Waals surface area (Å²) < 4.78 is 11.0. The number of aromatic nitrogens is 2. The highest BCUT2D eigenvalue weighted by Crippen LogP contribution is 2.35. The minimum absolute atomic E-state index is 0.129. The van der Waals surface area contributed by atoms with Gasteiger partial charge in [-0.05, 0) is 18.1 Å². The molecule has 0 saturated carbocycles. The zero-order chi connectivity index (χ0) is 12.4. The van der Waals surface area contributed by atoms with Gasteiger partial charge >= 0.3 is 0 Å². The maximum absolute atomic E-state index is 5.80. The molecule has 0 N–H and O–H groups in total. The molecule has 1 unspecified atom stereocenters. The Morgan fingerprint density at radius 1 is 1.33 bits per heavy atom.